The van der Waals surface area contributed by atoms with Crippen LogP contribution in [0.4, 0.5) is 4.79 Å². The van der Waals surface area contributed by atoms with Gasteiger partial charge in [0.1, 0.15) is 11.6 Å². The van der Waals surface area contributed by atoms with Crippen LogP contribution < -0.4 is 42.5 Å². The molecule has 4 rings (SSSR count). The smallest absolute Gasteiger partial charge is 0.407 e. The minimum Gasteiger partial charge on any atom is -0.480 e. The molecule has 15 nitrogen and oxygen atoms in total. The zero-order valence-corrected chi connectivity index (χ0v) is 23.2. The number of carboxylic acid groups (broad SMARTS) is 1. The van der Waals surface area contributed by atoms with Crippen molar-refractivity contribution in [2.75, 3.05) is 26.2 Å². The number of carbonyl (C=O) groups excluding carboxylic acids is 4. The molecule has 4 heterocycles. The largest absolute Gasteiger partial charge is 0.480 e. The van der Waals surface area contributed by atoms with Crippen LogP contribution in [0.1, 0.15) is 46.5 Å². The molecule has 0 spiro atoms. The zero-order chi connectivity index (χ0) is 29.0. The number of hydrogen-bond donors (Lipinski definition) is 9. The van der Waals surface area contributed by atoms with Crippen molar-refractivity contribution < 1.29 is 33.8 Å². The first-order chi connectivity index (χ1) is 18.9. The molecule has 4 fully saturated rings. The average Bonchev–Trinajstić information content (AvgIpc) is 3.65. The molecule has 0 saturated carbocycles. The number of carboxylic acids is 1. The second-order valence-corrected chi connectivity index (χ2v) is 12.1. The van der Waals surface area contributed by atoms with Gasteiger partial charge in [-0.3, -0.25) is 19.2 Å². The molecule has 0 aromatic carbocycles. The maximum absolute atomic E-state index is 12.8. The summed E-state index contributed by atoms with van der Waals surface area (Å²) in [5.74, 6) is -1.51. The summed E-state index contributed by atoms with van der Waals surface area (Å²) in [6.07, 6.45) is 1.13. The standard InChI is InChI=1S/C25H42N8O7/c1-25(2,3)40-24(39)33-15-6-18(28-11-15)22(36)31-13-4-16(26-9-13)20(34)30-12-5-17(27-8-12)21(35)32-14-7-19(23(37)38)29-10-14/h12-19,26-29H,4-11H2,1-3H3,(H,30,34)(H,31,36)(H,32,35)(H,33,39)(H,37,38)/t12-,13-,14-,15-,16+,17+,18+,19+/m1/s1. The predicted octanol–water partition coefficient (Wildman–Crippen LogP) is -3.13. The third-order valence-corrected chi connectivity index (χ3v) is 7.53. The molecule has 0 aliphatic carbocycles. The van der Waals surface area contributed by atoms with Gasteiger partial charge in [-0.05, 0) is 46.5 Å². The lowest BCUT2D eigenvalue weighted by Crippen LogP contribution is -2.46. The first kappa shape index (κ1) is 30.0. The van der Waals surface area contributed by atoms with E-state index in [1.165, 1.54) is 0 Å². The summed E-state index contributed by atoms with van der Waals surface area (Å²) in [7, 11) is 0. The summed E-state index contributed by atoms with van der Waals surface area (Å²) in [4.78, 5) is 61.3. The fourth-order valence-corrected chi connectivity index (χ4v) is 5.55. The lowest BCUT2D eigenvalue weighted by Gasteiger charge is -2.21. The molecule has 0 aromatic rings. The minimum absolute atomic E-state index is 0.178. The summed E-state index contributed by atoms with van der Waals surface area (Å²) < 4.78 is 5.27. The zero-order valence-electron chi connectivity index (χ0n) is 23.2. The Labute approximate surface area is 233 Å². The molecule has 0 aromatic heterocycles. The highest BCUT2D eigenvalue weighted by molar-refractivity contribution is 5.85. The van der Waals surface area contributed by atoms with E-state index in [-0.39, 0.29) is 41.9 Å². The molecule has 4 aliphatic rings. The lowest BCUT2D eigenvalue weighted by molar-refractivity contribution is -0.139. The van der Waals surface area contributed by atoms with Gasteiger partial charge >= 0.3 is 12.1 Å². The van der Waals surface area contributed by atoms with Crippen molar-refractivity contribution in [3.63, 3.8) is 0 Å². The van der Waals surface area contributed by atoms with Gasteiger partial charge in [0.05, 0.1) is 18.1 Å². The van der Waals surface area contributed by atoms with E-state index in [9.17, 15) is 24.0 Å². The van der Waals surface area contributed by atoms with E-state index >= 15 is 0 Å². The van der Waals surface area contributed by atoms with Crippen LogP contribution in [0, 0.1) is 0 Å². The Balaban J connectivity index is 1.13. The normalized spacial score (nSPS) is 33.8. The minimum atomic E-state index is -0.933. The van der Waals surface area contributed by atoms with Crippen molar-refractivity contribution in [2.45, 2.75) is 100 Å². The lowest BCUT2D eigenvalue weighted by atomic mass is 10.1. The molecule has 9 N–H and O–H groups in total. The van der Waals surface area contributed by atoms with Crippen LogP contribution >= 0.6 is 0 Å². The number of ether oxygens (including phenoxy) is 1. The predicted molar refractivity (Wildman–Crippen MR) is 142 cm³/mol. The van der Waals surface area contributed by atoms with Crippen molar-refractivity contribution in [3.8, 4) is 0 Å². The monoisotopic (exact) mass is 566 g/mol. The second kappa shape index (κ2) is 12.7. The Bertz CT molecular complexity index is 989. The molecule has 8 atom stereocenters. The van der Waals surface area contributed by atoms with Crippen LogP contribution in [-0.4, -0.2) is 115 Å². The first-order valence-electron chi connectivity index (χ1n) is 13.9. The number of alkyl carbamates (subject to hydrolysis) is 1. The van der Waals surface area contributed by atoms with Gasteiger partial charge in [-0.2, -0.15) is 0 Å². The summed E-state index contributed by atoms with van der Waals surface area (Å²) in [6.45, 7) is 7.13. The van der Waals surface area contributed by atoms with Crippen molar-refractivity contribution in [2.24, 2.45) is 0 Å². The van der Waals surface area contributed by atoms with E-state index in [4.69, 9.17) is 9.84 Å². The fourth-order valence-electron chi connectivity index (χ4n) is 5.55. The van der Waals surface area contributed by atoms with E-state index in [0.29, 0.717) is 51.9 Å². The van der Waals surface area contributed by atoms with Gasteiger partial charge in [0.25, 0.3) is 0 Å². The molecule has 4 amide bonds. The van der Waals surface area contributed by atoms with Gasteiger partial charge in [-0.25, -0.2) is 4.79 Å². The van der Waals surface area contributed by atoms with Crippen LogP contribution in [0.25, 0.3) is 0 Å². The van der Waals surface area contributed by atoms with Crippen LogP contribution in [0.3, 0.4) is 0 Å². The van der Waals surface area contributed by atoms with Crippen molar-refractivity contribution in [1.29, 1.82) is 0 Å². The van der Waals surface area contributed by atoms with Crippen LogP contribution in [0.5, 0.6) is 0 Å². The van der Waals surface area contributed by atoms with Gasteiger partial charge in [-0.15, -0.1) is 0 Å². The maximum atomic E-state index is 12.8. The number of amides is 4. The van der Waals surface area contributed by atoms with Crippen molar-refractivity contribution in [1.82, 2.24) is 42.5 Å². The number of rotatable bonds is 8. The molecule has 0 radical (unpaired) electrons. The highest BCUT2D eigenvalue weighted by Crippen LogP contribution is 2.14. The molecular weight excluding hydrogens is 524 g/mol. The molecular formula is C25H42N8O7. The second-order valence-electron chi connectivity index (χ2n) is 12.1. The summed E-state index contributed by atoms with van der Waals surface area (Å²) in [5.41, 5.74) is -0.599. The summed E-state index contributed by atoms with van der Waals surface area (Å²) in [5, 5.41) is 33.0. The Hall–Kier alpha value is -3.01. The van der Waals surface area contributed by atoms with E-state index < -0.39 is 41.8 Å². The Morgan fingerprint density at radius 3 is 1.25 bits per heavy atom. The highest BCUT2D eigenvalue weighted by Gasteiger charge is 2.38. The van der Waals surface area contributed by atoms with Gasteiger partial charge in [0.15, 0.2) is 0 Å². The number of hydrogen-bond acceptors (Lipinski definition) is 10. The number of aliphatic carboxylic acids is 1. The van der Waals surface area contributed by atoms with Crippen molar-refractivity contribution >= 4 is 29.8 Å². The molecule has 0 bridgehead atoms. The third kappa shape index (κ3) is 8.25. The van der Waals surface area contributed by atoms with E-state index in [2.05, 4.69) is 42.5 Å². The van der Waals surface area contributed by atoms with Crippen molar-refractivity contribution in [3.05, 3.63) is 0 Å². The van der Waals surface area contributed by atoms with E-state index in [0.717, 1.165) is 0 Å². The van der Waals surface area contributed by atoms with Gasteiger partial charge in [0.2, 0.25) is 17.7 Å². The Morgan fingerprint density at radius 1 is 0.600 bits per heavy atom. The SMILES string of the molecule is CC(C)(C)OC(=O)N[C@H]1CN[C@H](C(=O)N[C@H]2CN[C@H](C(=O)N[C@H]3CN[C@H](C(=O)N[C@H]4CN[C@H](C(=O)O)C4)C3)C2)C1. The van der Waals surface area contributed by atoms with Gasteiger partial charge in [0, 0.05) is 50.3 Å². The number of nitrogens with one attached hydrogen (secondary N) is 8. The van der Waals surface area contributed by atoms with Gasteiger partial charge < -0.3 is 52.4 Å². The fraction of sp³-hybridized carbons (Fsp3) is 0.800. The van der Waals surface area contributed by atoms with E-state index in [1.54, 1.807) is 20.8 Å². The molecule has 0 unspecified atom stereocenters. The van der Waals surface area contributed by atoms with Crippen LogP contribution in [0.15, 0.2) is 0 Å². The molecule has 4 aliphatic heterocycles. The Kier molecular flexibility index (Phi) is 9.48. The van der Waals surface area contributed by atoms with Crippen LogP contribution in [0.2, 0.25) is 0 Å². The molecule has 40 heavy (non-hydrogen) atoms. The maximum Gasteiger partial charge on any atom is 0.407 e. The topological polar surface area (TPSA) is 211 Å². The first-order valence-corrected chi connectivity index (χ1v) is 13.9. The highest BCUT2D eigenvalue weighted by atomic mass is 16.6. The van der Waals surface area contributed by atoms with Crippen LogP contribution in [-0.2, 0) is 23.9 Å². The summed E-state index contributed by atoms with van der Waals surface area (Å²) in [6, 6.07) is -2.93. The number of carbonyl (C=O) groups is 5. The Morgan fingerprint density at radius 2 is 0.925 bits per heavy atom. The van der Waals surface area contributed by atoms with Gasteiger partial charge in [-0.1, -0.05) is 0 Å². The van der Waals surface area contributed by atoms with E-state index in [1.807, 2.05) is 0 Å². The third-order valence-electron chi connectivity index (χ3n) is 7.53. The summed E-state index contributed by atoms with van der Waals surface area (Å²) >= 11 is 0. The quantitative estimate of drug-likeness (QED) is 0.143. The molecule has 15 heteroatoms. The average molecular weight is 567 g/mol. The molecule has 4 saturated heterocycles. The molecule has 224 valence electrons.